The highest BCUT2D eigenvalue weighted by atomic mass is 16.6. The number of benzene rings is 2. The van der Waals surface area contributed by atoms with E-state index in [2.05, 4.69) is 0 Å². The maximum Gasteiger partial charge on any atom is 0.339 e. The first-order valence-electron chi connectivity index (χ1n) is 9.82. The fraction of sp³-hybridized carbons (Fsp3) is 0.333. The lowest BCUT2D eigenvalue weighted by Gasteiger charge is -2.44. The minimum atomic E-state index is -1.71. The molecule has 0 saturated carbocycles. The van der Waals surface area contributed by atoms with Gasteiger partial charge < -0.3 is 54.7 Å². The van der Waals surface area contributed by atoms with Crippen LogP contribution in [0.25, 0.3) is 0 Å². The van der Waals surface area contributed by atoms with Gasteiger partial charge in [-0.25, -0.2) is 9.59 Å². The zero-order valence-electron chi connectivity index (χ0n) is 17.4. The van der Waals surface area contributed by atoms with Gasteiger partial charge in [0.1, 0.15) is 31.0 Å². The number of aliphatic hydroxyl groups excluding tert-OH is 2. The van der Waals surface area contributed by atoms with Crippen LogP contribution in [-0.2, 0) is 14.2 Å². The molecule has 4 rings (SSSR count). The monoisotopic (exact) mass is 480 g/mol. The average molecular weight is 480 g/mol. The number of phenolic OH excluding ortho intramolecular Hbond substituents is 5. The third-order valence-corrected chi connectivity index (χ3v) is 5.60. The van der Waals surface area contributed by atoms with Gasteiger partial charge in [-0.3, -0.25) is 0 Å². The molecule has 182 valence electrons. The number of aromatic hydroxyl groups is 5. The van der Waals surface area contributed by atoms with E-state index in [0.29, 0.717) is 0 Å². The van der Waals surface area contributed by atoms with Gasteiger partial charge in [0.25, 0.3) is 0 Å². The van der Waals surface area contributed by atoms with Crippen molar-refractivity contribution in [3.8, 4) is 34.5 Å². The molecule has 0 spiro atoms. The first-order valence-corrected chi connectivity index (χ1v) is 9.82. The van der Waals surface area contributed by atoms with Crippen LogP contribution < -0.4 is 4.74 Å². The Kier molecular flexibility index (Phi) is 5.77. The highest BCUT2D eigenvalue weighted by molar-refractivity contribution is 5.95. The van der Waals surface area contributed by atoms with Crippen molar-refractivity contribution in [1.82, 2.24) is 0 Å². The van der Waals surface area contributed by atoms with Gasteiger partial charge in [-0.1, -0.05) is 0 Å². The lowest BCUT2D eigenvalue weighted by molar-refractivity contribution is -0.235. The van der Waals surface area contributed by atoms with Crippen molar-refractivity contribution >= 4 is 11.9 Å². The summed E-state index contributed by atoms with van der Waals surface area (Å²) in [5.74, 6) is -5.97. The molecule has 1 saturated heterocycles. The smallest absolute Gasteiger partial charge is 0.339 e. The van der Waals surface area contributed by atoms with Gasteiger partial charge in [-0.15, -0.1) is 0 Å². The van der Waals surface area contributed by atoms with Crippen LogP contribution >= 0.6 is 0 Å². The average Bonchev–Trinajstić information content (AvgIpc) is 2.79. The maximum absolute atomic E-state index is 12.4. The number of carbonyl (C=O) groups excluding carboxylic acids is 2. The molecule has 34 heavy (non-hydrogen) atoms. The van der Waals surface area contributed by atoms with Crippen LogP contribution in [0.3, 0.4) is 0 Å². The quantitative estimate of drug-likeness (QED) is 0.223. The number of aliphatic hydroxyl groups is 2. The number of hydrogen-bond donors (Lipinski definition) is 7. The highest BCUT2D eigenvalue weighted by Gasteiger charge is 2.52. The number of esters is 2. The summed E-state index contributed by atoms with van der Waals surface area (Å²) in [5.41, 5.74) is -0.746. The minimum absolute atomic E-state index is 0.161. The van der Waals surface area contributed by atoms with E-state index in [9.17, 15) is 45.3 Å². The molecular formula is C21H20O13. The van der Waals surface area contributed by atoms with E-state index < -0.39 is 77.8 Å². The van der Waals surface area contributed by atoms with Crippen molar-refractivity contribution in [3.05, 3.63) is 34.9 Å². The first kappa shape index (κ1) is 23.2. The molecule has 0 unspecified atom stereocenters. The Morgan fingerprint density at radius 2 is 1.62 bits per heavy atom. The Morgan fingerprint density at radius 1 is 0.971 bits per heavy atom. The number of ether oxygens (including phenoxy) is 4. The van der Waals surface area contributed by atoms with E-state index in [1.54, 1.807) is 0 Å². The summed E-state index contributed by atoms with van der Waals surface area (Å²) in [6.07, 6.45) is -7.53. The Labute approximate surface area is 190 Å². The molecule has 0 aliphatic carbocycles. The SMILES string of the molecule is COc1c(O)cc2c(c1O)[C@@H]1O[C@H](COC(=O)c3cc(O)c(O)c(O)c3)[C@H](O)[C@H](O)[C@H]1OC2=O. The van der Waals surface area contributed by atoms with Crippen molar-refractivity contribution in [2.45, 2.75) is 30.5 Å². The molecule has 13 nitrogen and oxygen atoms in total. The van der Waals surface area contributed by atoms with E-state index in [-0.39, 0.29) is 22.4 Å². The molecule has 5 atom stereocenters. The second-order valence-corrected chi connectivity index (χ2v) is 7.65. The van der Waals surface area contributed by atoms with E-state index >= 15 is 0 Å². The van der Waals surface area contributed by atoms with Gasteiger partial charge >= 0.3 is 11.9 Å². The van der Waals surface area contributed by atoms with Crippen LogP contribution in [0.4, 0.5) is 0 Å². The summed E-state index contributed by atoms with van der Waals surface area (Å²) in [5, 5.41) is 70.0. The molecule has 2 heterocycles. The highest BCUT2D eigenvalue weighted by Crippen LogP contribution is 2.50. The van der Waals surface area contributed by atoms with Crippen LogP contribution in [0.15, 0.2) is 18.2 Å². The molecule has 13 heteroatoms. The molecule has 2 aromatic carbocycles. The predicted molar refractivity (Wildman–Crippen MR) is 107 cm³/mol. The lowest BCUT2D eigenvalue weighted by atomic mass is 9.86. The van der Waals surface area contributed by atoms with Crippen LogP contribution in [0.1, 0.15) is 32.4 Å². The zero-order valence-corrected chi connectivity index (χ0v) is 17.4. The molecule has 0 bridgehead atoms. The molecule has 2 aliphatic heterocycles. The van der Waals surface area contributed by atoms with Crippen molar-refractivity contribution in [3.63, 3.8) is 0 Å². The molecule has 0 amide bonds. The largest absolute Gasteiger partial charge is 0.504 e. The number of hydrogen-bond acceptors (Lipinski definition) is 13. The molecule has 0 radical (unpaired) electrons. The van der Waals surface area contributed by atoms with Gasteiger partial charge in [-0.05, 0) is 18.2 Å². The second kappa shape index (κ2) is 8.44. The maximum atomic E-state index is 12.4. The molecule has 1 fully saturated rings. The van der Waals surface area contributed by atoms with Gasteiger partial charge in [0.15, 0.2) is 34.9 Å². The second-order valence-electron chi connectivity index (χ2n) is 7.65. The number of methoxy groups -OCH3 is 1. The zero-order chi connectivity index (χ0) is 24.9. The predicted octanol–water partition coefficient (Wildman–Crippen LogP) is -0.219. The molecule has 7 N–H and O–H groups in total. The summed E-state index contributed by atoms with van der Waals surface area (Å²) in [6, 6.07) is 2.67. The lowest BCUT2D eigenvalue weighted by Crippen LogP contribution is -2.58. The van der Waals surface area contributed by atoms with E-state index in [1.165, 1.54) is 7.11 Å². The summed E-state index contributed by atoms with van der Waals surface area (Å²) in [6.45, 7) is -0.637. The minimum Gasteiger partial charge on any atom is -0.504 e. The Bertz CT molecular complexity index is 1140. The third kappa shape index (κ3) is 3.65. The standard InChI is InChI=1S/C21H20O13/c1-31-17-10(24)4-7-12(15(17)27)18-19(34-21(7)30)16(28)14(26)11(33-18)5-32-20(29)6-2-8(22)13(25)9(23)3-6/h2-4,11,14,16,18-19,22-28H,5H2,1H3/t11-,14+,16+,18+,19-/m1/s1. The number of carbonyl (C=O) groups is 2. The van der Waals surface area contributed by atoms with Crippen molar-refractivity contribution in [2.24, 2.45) is 0 Å². The van der Waals surface area contributed by atoms with Gasteiger partial charge in [-0.2, -0.15) is 0 Å². The van der Waals surface area contributed by atoms with Crippen LogP contribution in [0.2, 0.25) is 0 Å². The third-order valence-electron chi connectivity index (χ3n) is 5.60. The summed E-state index contributed by atoms with van der Waals surface area (Å²) in [7, 11) is 1.17. The normalized spacial score (nSPS) is 25.6. The Hall–Kier alpha value is -3.94. The fourth-order valence-corrected chi connectivity index (χ4v) is 3.90. The number of fused-ring (bicyclic) bond motifs is 3. The Morgan fingerprint density at radius 3 is 2.24 bits per heavy atom. The summed E-state index contributed by atoms with van der Waals surface area (Å²) in [4.78, 5) is 24.7. The van der Waals surface area contributed by atoms with Crippen LogP contribution in [0, 0.1) is 0 Å². The van der Waals surface area contributed by atoms with Gasteiger partial charge in [0.05, 0.1) is 18.2 Å². The van der Waals surface area contributed by atoms with E-state index in [1.807, 2.05) is 0 Å². The van der Waals surface area contributed by atoms with Crippen LogP contribution in [-0.4, -0.2) is 85.8 Å². The van der Waals surface area contributed by atoms with Crippen molar-refractivity contribution in [1.29, 1.82) is 0 Å². The molecule has 2 aliphatic rings. The van der Waals surface area contributed by atoms with E-state index in [4.69, 9.17) is 18.9 Å². The van der Waals surface area contributed by atoms with E-state index in [0.717, 1.165) is 18.2 Å². The van der Waals surface area contributed by atoms with Crippen LogP contribution in [0.5, 0.6) is 34.5 Å². The molecule has 0 aromatic heterocycles. The topological polar surface area (TPSA) is 213 Å². The Balaban J connectivity index is 1.60. The molecular weight excluding hydrogens is 460 g/mol. The summed E-state index contributed by atoms with van der Waals surface area (Å²) >= 11 is 0. The fourth-order valence-electron chi connectivity index (χ4n) is 3.90. The number of rotatable bonds is 4. The van der Waals surface area contributed by atoms with Gasteiger partial charge in [0.2, 0.25) is 5.75 Å². The van der Waals surface area contributed by atoms with Crippen molar-refractivity contribution in [2.75, 3.05) is 13.7 Å². The van der Waals surface area contributed by atoms with Crippen molar-refractivity contribution < 1.29 is 64.3 Å². The van der Waals surface area contributed by atoms with Gasteiger partial charge in [0, 0.05) is 5.56 Å². The summed E-state index contributed by atoms with van der Waals surface area (Å²) < 4.78 is 20.8. The molecule has 2 aromatic rings. The number of phenols is 5. The first-order chi connectivity index (χ1) is 16.0.